The average Bonchev–Trinajstić information content (AvgIpc) is 2.53. The van der Waals surface area contributed by atoms with Gasteiger partial charge >= 0.3 is 0 Å². The van der Waals surface area contributed by atoms with Crippen LogP contribution in [-0.4, -0.2) is 24.4 Å². The van der Waals surface area contributed by atoms with Crippen molar-refractivity contribution in [2.75, 3.05) is 13.7 Å². The maximum absolute atomic E-state index is 12.9. The van der Waals surface area contributed by atoms with Crippen LogP contribution in [0.5, 0.6) is 5.75 Å². The van der Waals surface area contributed by atoms with E-state index in [9.17, 15) is 4.79 Å². The molecule has 0 radical (unpaired) electrons. The summed E-state index contributed by atoms with van der Waals surface area (Å²) in [5.74, 6) is 2.44. The van der Waals surface area contributed by atoms with Gasteiger partial charge in [0, 0.05) is 11.4 Å². The molecule has 4 heteroatoms. The molecule has 5 rings (SSSR count). The zero-order valence-corrected chi connectivity index (χ0v) is 15.1. The van der Waals surface area contributed by atoms with Gasteiger partial charge in [-0.1, -0.05) is 12.1 Å². The lowest BCUT2D eigenvalue weighted by Gasteiger charge is -2.59. The molecule has 0 aliphatic heterocycles. The summed E-state index contributed by atoms with van der Waals surface area (Å²) in [7, 11) is 1.67. The summed E-state index contributed by atoms with van der Waals surface area (Å²) in [5.41, 5.74) is 1.03. The Morgan fingerprint density at radius 1 is 1.21 bits per heavy atom. The second-order valence-electron chi connectivity index (χ2n) is 8.25. The molecular formula is C20H26ClNO2. The van der Waals surface area contributed by atoms with Crippen LogP contribution in [0, 0.1) is 17.3 Å². The van der Waals surface area contributed by atoms with E-state index >= 15 is 0 Å². The average molecular weight is 348 g/mol. The third kappa shape index (κ3) is 2.92. The Labute approximate surface area is 149 Å². The van der Waals surface area contributed by atoms with Crippen LogP contribution in [0.4, 0.5) is 0 Å². The van der Waals surface area contributed by atoms with Crippen molar-refractivity contribution in [1.29, 1.82) is 0 Å². The maximum Gasteiger partial charge on any atom is 0.226 e. The van der Waals surface area contributed by atoms with Crippen molar-refractivity contribution in [3.8, 4) is 5.75 Å². The van der Waals surface area contributed by atoms with E-state index < -0.39 is 0 Å². The molecule has 130 valence electrons. The summed E-state index contributed by atoms with van der Waals surface area (Å²) >= 11 is 6.83. The fourth-order valence-corrected chi connectivity index (χ4v) is 6.41. The highest BCUT2D eigenvalue weighted by Gasteiger charge is 2.59. The van der Waals surface area contributed by atoms with Crippen LogP contribution in [0.1, 0.15) is 44.1 Å². The molecule has 0 heterocycles. The van der Waals surface area contributed by atoms with Crippen LogP contribution in [0.3, 0.4) is 0 Å². The van der Waals surface area contributed by atoms with E-state index in [1.54, 1.807) is 7.11 Å². The number of hydrogen-bond donors (Lipinski definition) is 1. The highest BCUT2D eigenvalue weighted by Crippen LogP contribution is 2.63. The predicted molar refractivity (Wildman–Crippen MR) is 95.4 cm³/mol. The van der Waals surface area contributed by atoms with Gasteiger partial charge in [-0.25, -0.2) is 0 Å². The first-order chi connectivity index (χ1) is 11.5. The molecule has 4 fully saturated rings. The molecule has 4 aliphatic rings. The van der Waals surface area contributed by atoms with Crippen molar-refractivity contribution < 1.29 is 9.53 Å². The van der Waals surface area contributed by atoms with E-state index in [4.69, 9.17) is 16.3 Å². The van der Waals surface area contributed by atoms with Gasteiger partial charge in [0.05, 0.1) is 12.5 Å². The van der Waals surface area contributed by atoms with Gasteiger partial charge in [0.1, 0.15) is 5.75 Å². The standard InChI is InChI=1S/C20H26ClNO2/c1-24-17-4-2-14(3-5-17)6-7-22-18(23)19-9-15-8-16(10-19)12-20(21,11-15)13-19/h2-5,15-16H,6-13H2,1H3,(H,22,23)/t15-,16+,19?,20?. The monoisotopic (exact) mass is 347 g/mol. The van der Waals surface area contributed by atoms with E-state index in [1.165, 1.54) is 12.0 Å². The van der Waals surface area contributed by atoms with Gasteiger partial charge in [-0.2, -0.15) is 0 Å². The number of halogens is 1. The van der Waals surface area contributed by atoms with E-state index in [2.05, 4.69) is 17.4 Å². The van der Waals surface area contributed by atoms with Gasteiger partial charge in [0.15, 0.2) is 0 Å². The van der Waals surface area contributed by atoms with E-state index in [0.29, 0.717) is 18.4 Å². The number of benzene rings is 1. The molecule has 1 aromatic rings. The fourth-order valence-electron chi connectivity index (χ4n) is 5.72. The van der Waals surface area contributed by atoms with Gasteiger partial charge < -0.3 is 10.1 Å². The summed E-state index contributed by atoms with van der Waals surface area (Å²) in [6.07, 6.45) is 7.35. The van der Waals surface area contributed by atoms with Crippen molar-refractivity contribution in [2.24, 2.45) is 17.3 Å². The van der Waals surface area contributed by atoms with Crippen molar-refractivity contribution in [3.05, 3.63) is 29.8 Å². The van der Waals surface area contributed by atoms with Gasteiger partial charge in [-0.3, -0.25) is 4.79 Å². The van der Waals surface area contributed by atoms with Gasteiger partial charge in [0.25, 0.3) is 0 Å². The van der Waals surface area contributed by atoms with Crippen LogP contribution in [0.25, 0.3) is 0 Å². The normalized spacial score (nSPS) is 36.6. The lowest BCUT2D eigenvalue weighted by atomic mass is 9.49. The zero-order chi connectivity index (χ0) is 16.8. The number of nitrogens with one attached hydrogen (secondary N) is 1. The zero-order valence-electron chi connectivity index (χ0n) is 14.3. The Morgan fingerprint density at radius 3 is 2.46 bits per heavy atom. The van der Waals surface area contributed by atoms with Crippen LogP contribution in [-0.2, 0) is 11.2 Å². The molecule has 0 saturated heterocycles. The second-order valence-corrected chi connectivity index (χ2v) is 9.05. The third-order valence-corrected chi connectivity index (χ3v) is 6.77. The lowest BCUT2D eigenvalue weighted by Crippen LogP contribution is -2.58. The minimum Gasteiger partial charge on any atom is -0.497 e. The highest BCUT2D eigenvalue weighted by molar-refractivity contribution is 6.24. The van der Waals surface area contributed by atoms with Gasteiger partial charge in [-0.15, -0.1) is 11.6 Å². The van der Waals surface area contributed by atoms with E-state index in [-0.39, 0.29) is 16.2 Å². The minimum absolute atomic E-state index is 0.0998. The van der Waals surface area contributed by atoms with E-state index in [1.807, 2.05) is 12.1 Å². The smallest absolute Gasteiger partial charge is 0.226 e. The second kappa shape index (κ2) is 5.94. The first-order valence-corrected chi connectivity index (χ1v) is 9.48. The number of methoxy groups -OCH3 is 1. The summed E-state index contributed by atoms with van der Waals surface area (Å²) in [6, 6.07) is 8.05. The molecule has 4 atom stereocenters. The Balaban J connectivity index is 1.36. The van der Waals surface area contributed by atoms with Crippen LogP contribution in [0.15, 0.2) is 24.3 Å². The summed E-state index contributed by atoms with van der Waals surface area (Å²) in [6.45, 7) is 0.692. The summed E-state index contributed by atoms with van der Waals surface area (Å²) in [5, 5.41) is 3.21. The number of rotatable bonds is 5. The van der Waals surface area contributed by atoms with Crippen molar-refractivity contribution >= 4 is 17.5 Å². The molecule has 1 amide bonds. The van der Waals surface area contributed by atoms with E-state index in [0.717, 1.165) is 44.3 Å². The quantitative estimate of drug-likeness (QED) is 0.819. The van der Waals surface area contributed by atoms with Gasteiger partial charge in [0.2, 0.25) is 5.91 Å². The van der Waals surface area contributed by atoms with Gasteiger partial charge in [-0.05, 0) is 74.5 Å². The lowest BCUT2D eigenvalue weighted by molar-refractivity contribution is -0.144. The molecule has 4 aliphatic carbocycles. The number of hydrogen-bond acceptors (Lipinski definition) is 2. The first-order valence-electron chi connectivity index (χ1n) is 9.10. The SMILES string of the molecule is COc1ccc(CCNC(=O)C23C[C@@H]4C[C@@H](CC(Cl)(C4)C2)C3)cc1. The summed E-state index contributed by atoms with van der Waals surface area (Å²) in [4.78, 5) is 12.8. The molecule has 2 unspecified atom stereocenters. The molecule has 0 aromatic heterocycles. The van der Waals surface area contributed by atoms with Crippen LogP contribution < -0.4 is 10.1 Å². The number of alkyl halides is 1. The van der Waals surface area contributed by atoms with Crippen LogP contribution in [0.2, 0.25) is 0 Å². The fraction of sp³-hybridized carbons (Fsp3) is 0.650. The molecule has 24 heavy (non-hydrogen) atoms. The summed E-state index contributed by atoms with van der Waals surface area (Å²) < 4.78 is 5.18. The molecular weight excluding hydrogens is 322 g/mol. The van der Waals surface area contributed by atoms with Crippen molar-refractivity contribution in [1.82, 2.24) is 5.32 Å². The topological polar surface area (TPSA) is 38.3 Å². The van der Waals surface area contributed by atoms with Crippen molar-refractivity contribution in [2.45, 2.75) is 49.8 Å². The molecule has 4 saturated carbocycles. The highest BCUT2D eigenvalue weighted by atomic mass is 35.5. The molecule has 4 bridgehead atoms. The molecule has 3 nitrogen and oxygen atoms in total. The van der Waals surface area contributed by atoms with Crippen molar-refractivity contribution in [3.63, 3.8) is 0 Å². The molecule has 1 N–H and O–H groups in total. The Hall–Kier alpha value is -1.22. The number of amides is 1. The number of carbonyl (C=O) groups excluding carboxylic acids is 1. The molecule has 0 spiro atoms. The Kier molecular flexibility index (Phi) is 4.03. The predicted octanol–water partition coefficient (Wildman–Crippen LogP) is 3.93. The third-order valence-electron chi connectivity index (χ3n) is 6.33. The largest absolute Gasteiger partial charge is 0.497 e. The number of carbonyl (C=O) groups is 1. The van der Waals surface area contributed by atoms with Crippen LogP contribution >= 0.6 is 11.6 Å². The minimum atomic E-state index is -0.189. The first kappa shape index (κ1) is 16.3. The number of ether oxygens (including phenoxy) is 1. The Morgan fingerprint density at radius 2 is 1.88 bits per heavy atom. The maximum atomic E-state index is 12.9. The Bertz CT molecular complexity index is 613. The molecule has 1 aromatic carbocycles.